The Balaban J connectivity index is 2.01. The van der Waals surface area contributed by atoms with E-state index in [0.717, 1.165) is 42.2 Å². The summed E-state index contributed by atoms with van der Waals surface area (Å²) in [6.45, 7) is 9.27. The highest BCUT2D eigenvalue weighted by Crippen LogP contribution is 2.33. The number of halogens is 2. The van der Waals surface area contributed by atoms with E-state index in [1.165, 1.54) is 0 Å². The molecule has 6 heteroatoms. The summed E-state index contributed by atoms with van der Waals surface area (Å²) in [6, 6.07) is 11.3. The number of hydrogen-bond donors (Lipinski definition) is 1. The summed E-state index contributed by atoms with van der Waals surface area (Å²) in [5.74, 6) is 1.47. The third kappa shape index (κ3) is 7.51. The van der Waals surface area contributed by atoms with Crippen molar-refractivity contribution in [3.05, 3.63) is 57.6 Å². The first-order chi connectivity index (χ1) is 13.5. The summed E-state index contributed by atoms with van der Waals surface area (Å²) < 4.78 is 17.4. The zero-order valence-corrected chi connectivity index (χ0v) is 18.3. The fraction of sp³-hybridized carbons (Fsp3) is 0.455. The largest absolute Gasteiger partial charge is 0.490 e. The van der Waals surface area contributed by atoms with Gasteiger partial charge >= 0.3 is 0 Å². The van der Waals surface area contributed by atoms with Crippen molar-refractivity contribution in [1.29, 1.82) is 0 Å². The molecule has 2 rings (SSSR count). The van der Waals surface area contributed by atoms with E-state index in [2.05, 4.69) is 5.32 Å². The second kappa shape index (κ2) is 12.2. The molecule has 154 valence electrons. The van der Waals surface area contributed by atoms with Crippen molar-refractivity contribution in [1.82, 2.24) is 5.32 Å². The average molecular weight is 426 g/mol. The van der Waals surface area contributed by atoms with Gasteiger partial charge in [-0.05, 0) is 51.9 Å². The van der Waals surface area contributed by atoms with Gasteiger partial charge in [0.15, 0.2) is 11.5 Å². The predicted molar refractivity (Wildman–Crippen MR) is 116 cm³/mol. The lowest BCUT2D eigenvalue weighted by molar-refractivity contribution is 0.0770. The van der Waals surface area contributed by atoms with Gasteiger partial charge in [0.05, 0.1) is 12.7 Å². The Hall–Kier alpha value is -1.46. The second-order valence-corrected chi connectivity index (χ2v) is 7.50. The van der Waals surface area contributed by atoms with Gasteiger partial charge in [0, 0.05) is 34.3 Å². The molecule has 0 aliphatic carbocycles. The van der Waals surface area contributed by atoms with E-state index in [9.17, 15) is 0 Å². The number of rotatable bonds is 12. The van der Waals surface area contributed by atoms with Crippen LogP contribution in [0, 0.1) is 0 Å². The molecule has 1 N–H and O–H groups in total. The molecule has 0 aliphatic heterocycles. The molecule has 0 amide bonds. The quantitative estimate of drug-likeness (QED) is 0.431. The third-order valence-corrected chi connectivity index (χ3v) is 4.60. The number of ether oxygens (including phenoxy) is 3. The standard InChI is InChI=1S/C22H29Cl2NO3/c1-4-26-21-8-5-7-17(14-25-11-6-12-27-16(2)3)22(21)28-15-18-9-10-19(23)13-20(18)24/h5,7-10,13,16,25H,4,6,11-12,14-15H2,1-3H3. The van der Waals surface area contributed by atoms with Crippen LogP contribution in [0.15, 0.2) is 36.4 Å². The SMILES string of the molecule is CCOc1cccc(CNCCCOC(C)C)c1OCc1ccc(Cl)cc1Cl. The lowest BCUT2D eigenvalue weighted by atomic mass is 10.1. The van der Waals surface area contributed by atoms with E-state index in [1.54, 1.807) is 6.07 Å². The topological polar surface area (TPSA) is 39.7 Å². The molecule has 0 atom stereocenters. The van der Waals surface area contributed by atoms with Gasteiger partial charge in [0.1, 0.15) is 6.61 Å². The molecule has 0 heterocycles. The van der Waals surface area contributed by atoms with Crippen LogP contribution < -0.4 is 14.8 Å². The Bertz CT molecular complexity index is 738. The van der Waals surface area contributed by atoms with Crippen LogP contribution >= 0.6 is 23.2 Å². The van der Waals surface area contributed by atoms with Gasteiger partial charge < -0.3 is 19.5 Å². The van der Waals surface area contributed by atoms with Crippen LogP contribution in [0.25, 0.3) is 0 Å². The third-order valence-electron chi connectivity index (χ3n) is 4.01. The molecule has 0 aromatic heterocycles. The highest BCUT2D eigenvalue weighted by Gasteiger charge is 2.12. The molecule has 4 nitrogen and oxygen atoms in total. The van der Waals surface area contributed by atoms with Crippen molar-refractivity contribution in [3.8, 4) is 11.5 Å². The highest BCUT2D eigenvalue weighted by molar-refractivity contribution is 6.35. The molecule has 0 radical (unpaired) electrons. The van der Waals surface area contributed by atoms with E-state index in [4.69, 9.17) is 37.4 Å². The van der Waals surface area contributed by atoms with Crippen molar-refractivity contribution in [2.45, 2.75) is 46.4 Å². The summed E-state index contributed by atoms with van der Waals surface area (Å²) in [6.07, 6.45) is 1.22. The summed E-state index contributed by atoms with van der Waals surface area (Å²) in [4.78, 5) is 0. The van der Waals surface area contributed by atoms with Gasteiger partial charge in [0.2, 0.25) is 0 Å². The van der Waals surface area contributed by atoms with Crippen molar-refractivity contribution in [2.24, 2.45) is 0 Å². The summed E-state index contributed by atoms with van der Waals surface area (Å²) in [5, 5.41) is 4.64. The van der Waals surface area contributed by atoms with Crippen LogP contribution in [0.1, 0.15) is 38.3 Å². The maximum absolute atomic E-state index is 6.27. The molecule has 0 bridgehead atoms. The Kier molecular flexibility index (Phi) is 9.93. The predicted octanol–water partition coefficient (Wildman–Crippen LogP) is 5.88. The average Bonchev–Trinajstić information content (AvgIpc) is 2.65. The fourth-order valence-corrected chi connectivity index (χ4v) is 3.12. The molecule has 2 aromatic rings. The summed E-state index contributed by atoms with van der Waals surface area (Å²) in [5.41, 5.74) is 1.92. The first-order valence-corrected chi connectivity index (χ1v) is 10.4. The Morgan fingerprint density at radius 2 is 1.86 bits per heavy atom. The van der Waals surface area contributed by atoms with E-state index in [1.807, 2.05) is 51.1 Å². The maximum Gasteiger partial charge on any atom is 0.166 e. The first-order valence-electron chi connectivity index (χ1n) is 9.65. The zero-order chi connectivity index (χ0) is 20.4. The highest BCUT2D eigenvalue weighted by atomic mass is 35.5. The molecule has 0 saturated carbocycles. The Labute approximate surface area is 178 Å². The van der Waals surface area contributed by atoms with Crippen molar-refractivity contribution in [2.75, 3.05) is 19.8 Å². The Morgan fingerprint density at radius 1 is 1.04 bits per heavy atom. The Morgan fingerprint density at radius 3 is 2.57 bits per heavy atom. The minimum Gasteiger partial charge on any atom is -0.490 e. The monoisotopic (exact) mass is 425 g/mol. The maximum atomic E-state index is 6.27. The second-order valence-electron chi connectivity index (χ2n) is 6.65. The van der Waals surface area contributed by atoms with Crippen LogP contribution in [-0.4, -0.2) is 25.9 Å². The van der Waals surface area contributed by atoms with Crippen LogP contribution in [0.4, 0.5) is 0 Å². The van der Waals surface area contributed by atoms with E-state index < -0.39 is 0 Å². The number of benzene rings is 2. The smallest absolute Gasteiger partial charge is 0.166 e. The van der Waals surface area contributed by atoms with Gasteiger partial charge in [0.25, 0.3) is 0 Å². The summed E-state index contributed by atoms with van der Waals surface area (Å²) in [7, 11) is 0. The molecule has 0 saturated heterocycles. The van der Waals surface area contributed by atoms with Gasteiger partial charge in [-0.1, -0.05) is 41.4 Å². The zero-order valence-electron chi connectivity index (χ0n) is 16.8. The van der Waals surface area contributed by atoms with Crippen LogP contribution in [0.2, 0.25) is 10.0 Å². The van der Waals surface area contributed by atoms with E-state index in [-0.39, 0.29) is 6.10 Å². The molecule has 0 spiro atoms. The molecular formula is C22H29Cl2NO3. The lowest BCUT2D eigenvalue weighted by Crippen LogP contribution is -2.18. The van der Waals surface area contributed by atoms with Crippen molar-refractivity contribution in [3.63, 3.8) is 0 Å². The lowest BCUT2D eigenvalue weighted by Gasteiger charge is -2.17. The molecule has 0 unspecified atom stereocenters. The fourth-order valence-electron chi connectivity index (χ4n) is 2.66. The van der Waals surface area contributed by atoms with Crippen LogP contribution in [-0.2, 0) is 17.9 Å². The molecular weight excluding hydrogens is 397 g/mol. The van der Waals surface area contributed by atoms with Crippen molar-refractivity contribution >= 4 is 23.2 Å². The minimum absolute atomic E-state index is 0.266. The molecule has 2 aromatic carbocycles. The molecule has 0 fully saturated rings. The van der Waals surface area contributed by atoms with Gasteiger partial charge in [-0.2, -0.15) is 0 Å². The van der Waals surface area contributed by atoms with Crippen LogP contribution in [0.3, 0.4) is 0 Å². The van der Waals surface area contributed by atoms with Gasteiger partial charge in [-0.15, -0.1) is 0 Å². The van der Waals surface area contributed by atoms with Crippen LogP contribution in [0.5, 0.6) is 11.5 Å². The van der Waals surface area contributed by atoms with E-state index in [0.29, 0.717) is 29.8 Å². The molecule has 28 heavy (non-hydrogen) atoms. The van der Waals surface area contributed by atoms with Crippen molar-refractivity contribution < 1.29 is 14.2 Å². The number of nitrogens with one attached hydrogen (secondary N) is 1. The summed E-state index contributed by atoms with van der Waals surface area (Å²) >= 11 is 12.2. The normalized spacial score (nSPS) is 11.1. The van der Waals surface area contributed by atoms with E-state index >= 15 is 0 Å². The van der Waals surface area contributed by atoms with Gasteiger partial charge in [-0.3, -0.25) is 0 Å². The minimum atomic E-state index is 0.266. The van der Waals surface area contributed by atoms with Gasteiger partial charge in [-0.25, -0.2) is 0 Å². The number of hydrogen-bond acceptors (Lipinski definition) is 4. The molecule has 0 aliphatic rings. The number of para-hydroxylation sites is 1. The first kappa shape index (κ1) is 22.8.